The highest BCUT2D eigenvalue weighted by Gasteiger charge is 2.33. The molecule has 0 atom stereocenters. The molecule has 1 aromatic heterocycles. The molecule has 0 N–H and O–H groups in total. The average Bonchev–Trinajstić information content (AvgIpc) is 2.77. The molecule has 0 spiro atoms. The topological polar surface area (TPSA) is 140 Å². The fourth-order valence-electron chi connectivity index (χ4n) is 3.68. The molecule has 180 valence electrons. The highest BCUT2D eigenvalue weighted by molar-refractivity contribution is 7.89. The first-order valence-electron chi connectivity index (χ1n) is 10.3. The zero-order valence-corrected chi connectivity index (χ0v) is 20.0. The van der Waals surface area contributed by atoms with Crippen LogP contribution in [0.15, 0.2) is 41.4 Å². The van der Waals surface area contributed by atoms with Gasteiger partial charge >= 0.3 is 0 Å². The van der Waals surface area contributed by atoms with E-state index in [0.29, 0.717) is 25.1 Å². The molecule has 0 amide bonds. The lowest BCUT2D eigenvalue weighted by atomic mass is 10.1. The Morgan fingerprint density at radius 2 is 1.97 bits per heavy atom. The van der Waals surface area contributed by atoms with E-state index in [1.54, 1.807) is 17.2 Å². The normalized spacial score (nSPS) is 14.6. The van der Waals surface area contributed by atoms with E-state index in [9.17, 15) is 26.9 Å². The van der Waals surface area contributed by atoms with Crippen LogP contribution in [0.25, 0.3) is 0 Å². The molecule has 0 aliphatic carbocycles. The van der Waals surface area contributed by atoms with Crippen LogP contribution in [-0.4, -0.2) is 63.5 Å². The number of rotatable bonds is 10. The Labute approximate surface area is 193 Å². The molecule has 0 bridgehead atoms. The summed E-state index contributed by atoms with van der Waals surface area (Å²) in [5.74, 6) is 0. The van der Waals surface area contributed by atoms with Gasteiger partial charge in [-0.1, -0.05) is 13.0 Å². The van der Waals surface area contributed by atoms with Crippen LogP contribution < -0.4 is 4.90 Å². The molecule has 0 saturated carbocycles. The van der Waals surface area contributed by atoms with Crippen LogP contribution in [0.3, 0.4) is 0 Å². The van der Waals surface area contributed by atoms with Gasteiger partial charge in [-0.2, -0.15) is 12.7 Å². The van der Waals surface area contributed by atoms with E-state index in [1.165, 1.54) is 16.4 Å². The summed E-state index contributed by atoms with van der Waals surface area (Å²) in [6, 6.07) is 7.37. The predicted octanol–water partition coefficient (Wildman–Crippen LogP) is 1.93. The summed E-state index contributed by atoms with van der Waals surface area (Å²) >= 11 is 0. The van der Waals surface area contributed by atoms with Crippen LogP contribution in [0, 0.1) is 10.1 Å². The van der Waals surface area contributed by atoms with Gasteiger partial charge in [0.2, 0.25) is 10.0 Å². The largest absolute Gasteiger partial charge is 0.368 e. The highest BCUT2D eigenvalue weighted by atomic mass is 32.2. The molecule has 2 aromatic rings. The third-order valence-electron chi connectivity index (χ3n) is 5.21. The molecule has 0 saturated heterocycles. The molecule has 1 aromatic carbocycles. The summed E-state index contributed by atoms with van der Waals surface area (Å²) in [6.45, 7) is 2.47. The van der Waals surface area contributed by atoms with Crippen molar-refractivity contribution in [1.29, 1.82) is 0 Å². The van der Waals surface area contributed by atoms with Crippen LogP contribution in [0.5, 0.6) is 0 Å². The molecule has 13 heteroatoms. The number of benzene rings is 1. The zero-order chi connectivity index (χ0) is 24.2. The Hall–Kier alpha value is -2.61. The quantitative estimate of drug-likeness (QED) is 0.273. The zero-order valence-electron chi connectivity index (χ0n) is 18.4. The number of hydrogen-bond acceptors (Lipinski definition) is 9. The summed E-state index contributed by atoms with van der Waals surface area (Å²) in [5.41, 5.74) is 1.52. The minimum atomic E-state index is -4.12. The van der Waals surface area contributed by atoms with Crippen molar-refractivity contribution in [2.24, 2.45) is 0 Å². The minimum Gasteiger partial charge on any atom is -0.368 e. The first-order chi connectivity index (χ1) is 15.5. The van der Waals surface area contributed by atoms with Crippen molar-refractivity contribution >= 4 is 31.5 Å². The number of pyridine rings is 1. The van der Waals surface area contributed by atoms with Gasteiger partial charge in [-0.3, -0.25) is 19.3 Å². The number of fused-ring (bicyclic) bond motifs is 1. The van der Waals surface area contributed by atoms with E-state index >= 15 is 0 Å². The van der Waals surface area contributed by atoms with Gasteiger partial charge in [-0.25, -0.2) is 8.42 Å². The molecule has 11 nitrogen and oxygen atoms in total. The van der Waals surface area contributed by atoms with Gasteiger partial charge < -0.3 is 4.90 Å². The maximum atomic E-state index is 13.7. The second kappa shape index (κ2) is 10.1. The third-order valence-corrected chi connectivity index (χ3v) is 7.68. The van der Waals surface area contributed by atoms with E-state index in [-0.39, 0.29) is 42.5 Å². The number of sulfonamides is 1. The van der Waals surface area contributed by atoms with E-state index in [1.807, 2.05) is 13.0 Å². The number of non-ortho nitro benzene ring substituents is 1. The van der Waals surface area contributed by atoms with E-state index < -0.39 is 25.1 Å². The Kier molecular flexibility index (Phi) is 7.67. The van der Waals surface area contributed by atoms with Gasteiger partial charge in [0.1, 0.15) is 4.90 Å². The van der Waals surface area contributed by atoms with Gasteiger partial charge in [-0.15, -0.1) is 0 Å². The van der Waals surface area contributed by atoms with Crippen LogP contribution in [0.1, 0.15) is 24.6 Å². The lowest BCUT2D eigenvalue weighted by molar-refractivity contribution is -0.385. The van der Waals surface area contributed by atoms with Crippen molar-refractivity contribution in [3.05, 3.63) is 57.9 Å². The summed E-state index contributed by atoms with van der Waals surface area (Å²) in [4.78, 5) is 16.5. The lowest BCUT2D eigenvalue weighted by Gasteiger charge is -2.30. The van der Waals surface area contributed by atoms with Crippen LogP contribution in [0.2, 0.25) is 0 Å². The maximum Gasteiger partial charge on any atom is 0.270 e. The molecule has 3 rings (SSSR count). The van der Waals surface area contributed by atoms with Crippen LogP contribution in [0.4, 0.5) is 11.4 Å². The van der Waals surface area contributed by atoms with Crippen molar-refractivity contribution in [2.75, 3.05) is 37.4 Å². The van der Waals surface area contributed by atoms with Crippen molar-refractivity contribution in [3.63, 3.8) is 0 Å². The second-order valence-corrected chi connectivity index (χ2v) is 11.2. The summed E-state index contributed by atoms with van der Waals surface area (Å²) in [6.07, 6.45) is 3.64. The third kappa shape index (κ3) is 6.05. The first kappa shape index (κ1) is 25.0. The predicted molar refractivity (Wildman–Crippen MR) is 122 cm³/mol. The second-order valence-electron chi connectivity index (χ2n) is 7.62. The smallest absolute Gasteiger partial charge is 0.270 e. The first-order valence-corrected chi connectivity index (χ1v) is 13.6. The Morgan fingerprint density at radius 3 is 2.64 bits per heavy atom. The average molecular weight is 499 g/mol. The summed E-state index contributed by atoms with van der Waals surface area (Å²) in [5, 5.41) is 11.4. The number of aromatic nitrogens is 1. The fourth-order valence-corrected chi connectivity index (χ4v) is 5.69. The van der Waals surface area contributed by atoms with Crippen molar-refractivity contribution in [1.82, 2.24) is 9.29 Å². The molecule has 0 fully saturated rings. The van der Waals surface area contributed by atoms with Crippen molar-refractivity contribution < 1.29 is 25.9 Å². The fraction of sp³-hybridized carbons (Fsp3) is 0.450. The molecule has 1 aliphatic heterocycles. The molecular formula is C20H26N4O7S2. The van der Waals surface area contributed by atoms with E-state index in [0.717, 1.165) is 17.9 Å². The van der Waals surface area contributed by atoms with Gasteiger partial charge in [0.15, 0.2) is 0 Å². The molecule has 33 heavy (non-hydrogen) atoms. The van der Waals surface area contributed by atoms with Gasteiger partial charge in [0, 0.05) is 38.0 Å². The van der Waals surface area contributed by atoms with E-state index in [2.05, 4.69) is 4.98 Å². The van der Waals surface area contributed by atoms with E-state index in [4.69, 9.17) is 4.18 Å². The monoisotopic (exact) mass is 498 g/mol. The maximum absolute atomic E-state index is 13.7. The number of nitrogens with zero attached hydrogens (tertiary/aromatic N) is 4. The number of anilines is 1. The Bertz CT molecular complexity index is 1230. The van der Waals surface area contributed by atoms with Crippen molar-refractivity contribution in [3.8, 4) is 0 Å². The standard InChI is InChI=1S/C20H26N4O7S2/c1-3-10-22(12-13-31-32(2,27)28)19-7-6-17(24(25)26)14-20(19)33(29,30)23-11-8-16-5-4-9-21-18(16)15-23/h4-7,9,14H,3,8,10-13,15H2,1-2H3. The Balaban J connectivity index is 2.01. The number of hydrogen-bond donors (Lipinski definition) is 0. The SMILES string of the molecule is CCCN(CCOS(C)(=O)=O)c1ccc([N+](=O)[O-])cc1S(=O)(=O)N1CCc2cccnc2C1. The number of nitro groups is 1. The van der Waals surface area contributed by atoms with Crippen LogP contribution in [-0.2, 0) is 37.3 Å². The van der Waals surface area contributed by atoms with Gasteiger partial charge in [0.05, 0.1) is 35.7 Å². The molecule has 0 unspecified atom stereocenters. The lowest BCUT2D eigenvalue weighted by Crippen LogP contribution is -2.38. The number of nitro benzene ring substituents is 1. The highest BCUT2D eigenvalue weighted by Crippen LogP contribution is 2.33. The summed E-state index contributed by atoms with van der Waals surface area (Å²) in [7, 11) is -7.79. The van der Waals surface area contributed by atoms with Gasteiger partial charge in [-0.05, 0) is 30.5 Å². The Morgan fingerprint density at radius 1 is 1.21 bits per heavy atom. The molecular weight excluding hydrogens is 472 g/mol. The van der Waals surface area contributed by atoms with Gasteiger partial charge in [0.25, 0.3) is 15.8 Å². The molecule has 0 radical (unpaired) electrons. The summed E-state index contributed by atoms with van der Waals surface area (Å²) < 4.78 is 56.1. The van der Waals surface area contributed by atoms with Crippen molar-refractivity contribution in [2.45, 2.75) is 31.2 Å². The molecule has 1 aliphatic rings. The minimum absolute atomic E-state index is 0.0611. The molecule has 2 heterocycles. The van der Waals surface area contributed by atoms with Crippen LogP contribution >= 0.6 is 0 Å².